The Kier molecular flexibility index (Phi) is 3.45. The number of hydrogen-bond donors (Lipinski definition) is 2. The van der Waals surface area contributed by atoms with E-state index in [9.17, 15) is 0 Å². The fraction of sp³-hybridized carbons (Fsp3) is 1.00. The van der Waals surface area contributed by atoms with Crippen molar-refractivity contribution in [1.82, 2.24) is 10.6 Å². The van der Waals surface area contributed by atoms with Gasteiger partial charge < -0.3 is 10.6 Å². The molecule has 0 bridgehead atoms. The Morgan fingerprint density at radius 3 is 2.64 bits per heavy atom. The summed E-state index contributed by atoms with van der Waals surface area (Å²) >= 11 is 0. The maximum absolute atomic E-state index is 3.62. The van der Waals surface area contributed by atoms with Gasteiger partial charge in [0.1, 0.15) is 0 Å². The van der Waals surface area contributed by atoms with Crippen molar-refractivity contribution in [2.75, 3.05) is 19.6 Å². The van der Waals surface area contributed by atoms with Crippen LogP contribution in [-0.4, -0.2) is 25.7 Å². The van der Waals surface area contributed by atoms with Crippen LogP contribution in [0.25, 0.3) is 0 Å². The summed E-state index contributed by atoms with van der Waals surface area (Å²) in [5.41, 5.74) is 0. The second kappa shape index (κ2) is 4.63. The molecule has 4 unspecified atom stereocenters. The van der Waals surface area contributed by atoms with E-state index < -0.39 is 0 Å². The molecule has 1 saturated carbocycles. The zero-order valence-corrected chi connectivity index (χ0v) is 9.55. The van der Waals surface area contributed by atoms with E-state index in [0.29, 0.717) is 0 Å². The average molecular weight is 196 g/mol. The highest BCUT2D eigenvalue weighted by Gasteiger charge is 2.32. The van der Waals surface area contributed by atoms with Crippen LogP contribution in [0.5, 0.6) is 0 Å². The maximum Gasteiger partial charge on any atom is 0.0218 e. The third kappa shape index (κ3) is 2.71. The van der Waals surface area contributed by atoms with Crippen LogP contribution >= 0.6 is 0 Å². The first kappa shape index (κ1) is 10.4. The van der Waals surface area contributed by atoms with Crippen molar-refractivity contribution >= 4 is 0 Å². The van der Waals surface area contributed by atoms with Crippen LogP contribution in [0.1, 0.15) is 33.1 Å². The van der Waals surface area contributed by atoms with Gasteiger partial charge in [-0.05, 0) is 50.1 Å². The third-order valence-electron chi connectivity index (χ3n) is 3.98. The van der Waals surface area contributed by atoms with Gasteiger partial charge in [0.15, 0.2) is 0 Å². The van der Waals surface area contributed by atoms with Crippen molar-refractivity contribution < 1.29 is 0 Å². The van der Waals surface area contributed by atoms with Crippen molar-refractivity contribution in [3.8, 4) is 0 Å². The normalized spacial score (nSPS) is 42.4. The Hall–Kier alpha value is -0.0800. The second-order valence-electron chi connectivity index (χ2n) is 5.31. The van der Waals surface area contributed by atoms with Crippen molar-refractivity contribution in [2.45, 2.75) is 39.2 Å². The Bertz CT molecular complexity index is 181. The van der Waals surface area contributed by atoms with Crippen molar-refractivity contribution in [3.63, 3.8) is 0 Å². The fourth-order valence-corrected chi connectivity index (χ4v) is 2.49. The lowest BCUT2D eigenvalue weighted by molar-refractivity contribution is 0.289. The smallest absolute Gasteiger partial charge is 0.0218 e. The topological polar surface area (TPSA) is 24.1 Å². The zero-order chi connectivity index (χ0) is 9.97. The first-order chi connectivity index (χ1) is 6.77. The molecule has 1 aliphatic carbocycles. The summed E-state index contributed by atoms with van der Waals surface area (Å²) in [6.45, 7) is 8.36. The zero-order valence-electron chi connectivity index (χ0n) is 9.55. The highest BCUT2D eigenvalue weighted by Crippen LogP contribution is 2.36. The molecule has 2 aliphatic rings. The molecular formula is C12H24N2. The van der Waals surface area contributed by atoms with Gasteiger partial charge in [-0.15, -0.1) is 0 Å². The maximum atomic E-state index is 3.62. The second-order valence-corrected chi connectivity index (χ2v) is 5.31. The summed E-state index contributed by atoms with van der Waals surface area (Å²) in [6, 6.07) is 0.720. The molecule has 2 N–H and O–H groups in total. The van der Waals surface area contributed by atoms with Crippen LogP contribution in [0.3, 0.4) is 0 Å². The van der Waals surface area contributed by atoms with E-state index in [2.05, 4.69) is 24.5 Å². The van der Waals surface area contributed by atoms with Gasteiger partial charge in [-0.2, -0.15) is 0 Å². The predicted octanol–water partition coefficient (Wildman–Crippen LogP) is 1.62. The molecule has 1 aliphatic heterocycles. The molecule has 0 aromatic rings. The van der Waals surface area contributed by atoms with E-state index in [0.717, 1.165) is 23.8 Å². The van der Waals surface area contributed by atoms with Gasteiger partial charge in [0.2, 0.25) is 0 Å². The van der Waals surface area contributed by atoms with Crippen LogP contribution in [-0.2, 0) is 0 Å². The molecule has 2 rings (SSSR count). The third-order valence-corrected chi connectivity index (χ3v) is 3.98. The molecule has 0 aromatic carbocycles. The minimum absolute atomic E-state index is 0.720. The van der Waals surface area contributed by atoms with Gasteiger partial charge in [-0.1, -0.05) is 13.8 Å². The quantitative estimate of drug-likeness (QED) is 0.714. The summed E-state index contributed by atoms with van der Waals surface area (Å²) < 4.78 is 0. The van der Waals surface area contributed by atoms with Crippen LogP contribution in [0.2, 0.25) is 0 Å². The molecular weight excluding hydrogens is 172 g/mol. The molecule has 0 spiro atoms. The monoisotopic (exact) mass is 196 g/mol. The largest absolute Gasteiger partial charge is 0.315 e. The predicted molar refractivity (Wildman–Crippen MR) is 60.3 cm³/mol. The Morgan fingerprint density at radius 1 is 1.21 bits per heavy atom. The van der Waals surface area contributed by atoms with Crippen LogP contribution in [0.4, 0.5) is 0 Å². The first-order valence-electron chi connectivity index (χ1n) is 6.21. The van der Waals surface area contributed by atoms with Crippen molar-refractivity contribution in [1.29, 1.82) is 0 Å². The molecule has 1 heterocycles. The minimum Gasteiger partial charge on any atom is -0.315 e. The molecule has 2 heteroatoms. The Labute approximate surface area is 87.8 Å². The molecule has 0 radical (unpaired) electrons. The number of hydrogen-bond acceptors (Lipinski definition) is 2. The van der Waals surface area contributed by atoms with Gasteiger partial charge in [0.25, 0.3) is 0 Å². The van der Waals surface area contributed by atoms with Gasteiger partial charge in [0.05, 0.1) is 0 Å². The van der Waals surface area contributed by atoms with Gasteiger partial charge in [0, 0.05) is 12.6 Å². The summed E-state index contributed by atoms with van der Waals surface area (Å²) in [7, 11) is 0. The van der Waals surface area contributed by atoms with E-state index in [1.54, 1.807) is 0 Å². The first-order valence-corrected chi connectivity index (χ1v) is 6.21. The van der Waals surface area contributed by atoms with Gasteiger partial charge in [-0.25, -0.2) is 0 Å². The van der Waals surface area contributed by atoms with E-state index in [-0.39, 0.29) is 0 Å². The highest BCUT2D eigenvalue weighted by molar-refractivity contribution is 4.86. The highest BCUT2D eigenvalue weighted by atomic mass is 15.0. The minimum atomic E-state index is 0.720. The number of nitrogens with one attached hydrogen (secondary N) is 2. The van der Waals surface area contributed by atoms with Gasteiger partial charge in [-0.3, -0.25) is 0 Å². The fourth-order valence-electron chi connectivity index (χ4n) is 2.49. The van der Waals surface area contributed by atoms with E-state index in [4.69, 9.17) is 0 Å². The number of rotatable bonds is 4. The molecule has 4 atom stereocenters. The Balaban J connectivity index is 1.59. The molecule has 14 heavy (non-hydrogen) atoms. The van der Waals surface area contributed by atoms with Crippen molar-refractivity contribution in [3.05, 3.63) is 0 Å². The lowest BCUT2D eigenvalue weighted by Crippen LogP contribution is -2.46. The van der Waals surface area contributed by atoms with Crippen LogP contribution < -0.4 is 10.6 Å². The van der Waals surface area contributed by atoms with Gasteiger partial charge >= 0.3 is 0 Å². The summed E-state index contributed by atoms with van der Waals surface area (Å²) in [5.74, 6) is 2.82. The number of piperidine rings is 1. The van der Waals surface area contributed by atoms with Crippen LogP contribution in [0.15, 0.2) is 0 Å². The molecule has 2 nitrogen and oxygen atoms in total. The molecule has 0 aromatic heterocycles. The van der Waals surface area contributed by atoms with E-state index >= 15 is 0 Å². The lowest BCUT2D eigenvalue weighted by atomic mass is 9.93. The summed E-state index contributed by atoms with van der Waals surface area (Å²) in [5, 5.41) is 7.23. The lowest BCUT2D eigenvalue weighted by Gasteiger charge is -2.30. The molecule has 0 amide bonds. The average Bonchev–Trinajstić information content (AvgIpc) is 2.86. The standard InChI is InChI=1S/C12H24N2/c1-9-4-3-5-14-12(9)8-13-7-11-6-10(11)2/h9-14H,3-8H2,1-2H3. The molecule has 2 fully saturated rings. The van der Waals surface area contributed by atoms with Crippen molar-refractivity contribution in [2.24, 2.45) is 17.8 Å². The SMILES string of the molecule is CC1CC1CNCC1NCCCC1C. The molecule has 1 saturated heterocycles. The summed E-state index contributed by atoms with van der Waals surface area (Å²) in [4.78, 5) is 0. The van der Waals surface area contributed by atoms with E-state index in [1.807, 2.05) is 0 Å². The Morgan fingerprint density at radius 2 is 2.00 bits per heavy atom. The van der Waals surface area contributed by atoms with E-state index in [1.165, 1.54) is 38.9 Å². The summed E-state index contributed by atoms with van der Waals surface area (Å²) in [6.07, 6.45) is 4.21. The molecule has 82 valence electrons. The van der Waals surface area contributed by atoms with Crippen LogP contribution in [0, 0.1) is 17.8 Å².